The van der Waals surface area contributed by atoms with E-state index in [1.807, 2.05) is 19.1 Å². The van der Waals surface area contributed by atoms with Gasteiger partial charge in [0.2, 0.25) is 0 Å². The first-order valence-corrected chi connectivity index (χ1v) is 3.05. The highest BCUT2D eigenvalue weighted by Gasteiger charge is 2.01. The summed E-state index contributed by atoms with van der Waals surface area (Å²) in [4.78, 5) is 3.97. The molecule has 10 heavy (non-hydrogen) atoms. The van der Waals surface area contributed by atoms with Gasteiger partial charge in [-0.3, -0.25) is 0 Å². The molecule has 0 aliphatic rings. The van der Waals surface area contributed by atoms with Crippen molar-refractivity contribution in [3.8, 4) is 0 Å². The van der Waals surface area contributed by atoms with Crippen molar-refractivity contribution in [1.82, 2.24) is 10.1 Å². The van der Waals surface area contributed by atoms with Crippen LogP contribution in [-0.4, -0.2) is 10.1 Å². The average Bonchev–Trinajstić information content (AvgIpc) is 2.34. The van der Waals surface area contributed by atoms with Crippen molar-refractivity contribution < 1.29 is 4.52 Å². The molecule has 50 valence electrons. The fraction of sp³-hybridized carbons (Fsp3) is 0.143. The van der Waals surface area contributed by atoms with E-state index in [4.69, 9.17) is 4.52 Å². The number of aryl methyl sites for hydroxylation is 1. The fourth-order valence-electron chi connectivity index (χ4n) is 0.900. The number of nitrogens with zero attached hydrogens (tertiary/aromatic N) is 2. The van der Waals surface area contributed by atoms with Gasteiger partial charge in [0.1, 0.15) is 0 Å². The lowest BCUT2D eigenvalue weighted by Crippen LogP contribution is -1.70. The summed E-state index contributed by atoms with van der Waals surface area (Å²) in [7, 11) is 0. The van der Waals surface area contributed by atoms with Crippen LogP contribution in [0.15, 0.2) is 22.9 Å². The molecular formula is C7H6N2O. The first-order chi connectivity index (χ1) is 4.88. The normalized spacial score (nSPS) is 10.5. The molecule has 0 bridgehead atoms. The smallest absolute Gasteiger partial charge is 0.257 e. The van der Waals surface area contributed by atoms with Crippen LogP contribution >= 0.6 is 0 Å². The summed E-state index contributed by atoms with van der Waals surface area (Å²) in [5.41, 5.74) is 1.50. The molecule has 0 aromatic carbocycles. The first kappa shape index (κ1) is 5.41. The minimum Gasteiger partial charge on any atom is -0.336 e. The molecule has 2 heterocycles. The molecule has 2 aromatic heterocycles. The van der Waals surface area contributed by atoms with Crippen LogP contribution in [0.1, 0.15) is 5.69 Å². The van der Waals surface area contributed by atoms with E-state index in [-0.39, 0.29) is 0 Å². The third-order valence-corrected chi connectivity index (χ3v) is 1.43. The minimum atomic E-state index is 0.611. The van der Waals surface area contributed by atoms with E-state index in [0.29, 0.717) is 5.71 Å². The highest BCUT2D eigenvalue weighted by Crippen LogP contribution is 2.12. The number of hydrogen-bond acceptors (Lipinski definition) is 3. The molecule has 2 aromatic rings. The molecule has 0 unspecified atom stereocenters. The van der Waals surface area contributed by atoms with E-state index >= 15 is 0 Å². The minimum absolute atomic E-state index is 0.611. The van der Waals surface area contributed by atoms with Gasteiger partial charge in [-0.05, 0) is 19.1 Å². The van der Waals surface area contributed by atoms with Gasteiger partial charge in [-0.15, -0.1) is 0 Å². The highest BCUT2D eigenvalue weighted by molar-refractivity contribution is 5.74. The Kier molecular flexibility index (Phi) is 0.974. The standard InChI is InChI=1S/C7H6N2O/c1-5-6-3-2-4-8-7(6)10-9-5/h2-4H,1H3. The number of fused-ring (bicyclic) bond motifs is 1. The number of hydrogen-bond donors (Lipinski definition) is 0. The fourth-order valence-corrected chi connectivity index (χ4v) is 0.900. The second-order valence-electron chi connectivity index (χ2n) is 2.12. The van der Waals surface area contributed by atoms with Crippen molar-refractivity contribution in [2.75, 3.05) is 0 Å². The van der Waals surface area contributed by atoms with Gasteiger partial charge in [-0.2, -0.15) is 0 Å². The Morgan fingerprint density at radius 2 is 2.40 bits per heavy atom. The average molecular weight is 134 g/mol. The Morgan fingerprint density at radius 3 is 3.20 bits per heavy atom. The second kappa shape index (κ2) is 1.80. The van der Waals surface area contributed by atoms with Crippen LogP contribution in [0.4, 0.5) is 0 Å². The summed E-state index contributed by atoms with van der Waals surface area (Å²) in [6.45, 7) is 1.90. The molecule has 3 nitrogen and oxygen atoms in total. The van der Waals surface area contributed by atoms with Crippen LogP contribution in [0.2, 0.25) is 0 Å². The van der Waals surface area contributed by atoms with Crippen molar-refractivity contribution in [3.05, 3.63) is 24.0 Å². The zero-order chi connectivity index (χ0) is 6.97. The van der Waals surface area contributed by atoms with Crippen molar-refractivity contribution in [2.24, 2.45) is 0 Å². The van der Waals surface area contributed by atoms with Crippen LogP contribution in [0.25, 0.3) is 11.1 Å². The predicted octanol–water partition coefficient (Wildman–Crippen LogP) is 1.53. The van der Waals surface area contributed by atoms with Gasteiger partial charge < -0.3 is 4.52 Å². The maximum Gasteiger partial charge on any atom is 0.257 e. The molecular weight excluding hydrogens is 128 g/mol. The quantitative estimate of drug-likeness (QED) is 0.548. The van der Waals surface area contributed by atoms with Crippen LogP contribution in [-0.2, 0) is 0 Å². The van der Waals surface area contributed by atoms with Gasteiger partial charge in [-0.1, -0.05) is 5.16 Å². The summed E-state index contributed by atoms with van der Waals surface area (Å²) < 4.78 is 4.89. The van der Waals surface area contributed by atoms with Gasteiger partial charge >= 0.3 is 0 Å². The SMILES string of the molecule is Cc1noc2ncccc12. The molecule has 0 radical (unpaired) electrons. The van der Waals surface area contributed by atoms with Gasteiger partial charge in [0.25, 0.3) is 5.71 Å². The molecule has 0 amide bonds. The summed E-state index contributed by atoms with van der Waals surface area (Å²) in [5.74, 6) is 0. The van der Waals surface area contributed by atoms with Gasteiger partial charge in [0.05, 0.1) is 11.1 Å². The molecule has 0 saturated heterocycles. The van der Waals surface area contributed by atoms with Crippen molar-refractivity contribution in [2.45, 2.75) is 6.92 Å². The molecule has 2 rings (SSSR count). The van der Waals surface area contributed by atoms with E-state index < -0.39 is 0 Å². The Hall–Kier alpha value is -1.38. The lowest BCUT2D eigenvalue weighted by atomic mass is 10.3. The molecule has 3 heteroatoms. The van der Waals surface area contributed by atoms with Crippen molar-refractivity contribution >= 4 is 11.1 Å². The lowest BCUT2D eigenvalue weighted by Gasteiger charge is -1.81. The van der Waals surface area contributed by atoms with Crippen LogP contribution < -0.4 is 0 Å². The summed E-state index contributed by atoms with van der Waals surface area (Å²) >= 11 is 0. The lowest BCUT2D eigenvalue weighted by molar-refractivity contribution is 0.443. The van der Waals surface area contributed by atoms with Crippen molar-refractivity contribution in [1.29, 1.82) is 0 Å². The predicted molar refractivity (Wildman–Crippen MR) is 36.5 cm³/mol. The zero-order valence-electron chi connectivity index (χ0n) is 5.53. The second-order valence-corrected chi connectivity index (χ2v) is 2.12. The third kappa shape index (κ3) is 0.603. The molecule has 0 fully saturated rings. The summed E-state index contributed by atoms with van der Waals surface area (Å²) in [6, 6.07) is 3.81. The number of rotatable bonds is 0. The molecule has 0 spiro atoms. The zero-order valence-corrected chi connectivity index (χ0v) is 5.53. The van der Waals surface area contributed by atoms with Gasteiger partial charge in [-0.25, -0.2) is 4.98 Å². The Morgan fingerprint density at radius 1 is 1.50 bits per heavy atom. The summed E-state index contributed by atoms with van der Waals surface area (Å²) in [6.07, 6.45) is 1.69. The van der Waals surface area contributed by atoms with Crippen LogP contribution in [0.3, 0.4) is 0 Å². The van der Waals surface area contributed by atoms with Crippen LogP contribution in [0, 0.1) is 6.92 Å². The Bertz CT molecular complexity index is 353. The summed E-state index contributed by atoms with van der Waals surface area (Å²) in [5, 5.41) is 4.75. The largest absolute Gasteiger partial charge is 0.336 e. The van der Waals surface area contributed by atoms with E-state index in [9.17, 15) is 0 Å². The van der Waals surface area contributed by atoms with Gasteiger partial charge in [0, 0.05) is 6.20 Å². The topological polar surface area (TPSA) is 38.9 Å². The number of aromatic nitrogens is 2. The molecule has 0 aliphatic carbocycles. The van der Waals surface area contributed by atoms with Gasteiger partial charge in [0.15, 0.2) is 0 Å². The Labute approximate surface area is 57.7 Å². The number of pyridine rings is 1. The molecule has 0 saturated carbocycles. The highest BCUT2D eigenvalue weighted by atomic mass is 16.5. The monoisotopic (exact) mass is 134 g/mol. The van der Waals surface area contributed by atoms with E-state index in [0.717, 1.165) is 11.1 Å². The van der Waals surface area contributed by atoms with Crippen molar-refractivity contribution in [3.63, 3.8) is 0 Å². The maximum absolute atomic E-state index is 4.89. The van der Waals surface area contributed by atoms with Crippen LogP contribution in [0.5, 0.6) is 0 Å². The molecule has 0 atom stereocenters. The maximum atomic E-state index is 4.89. The van der Waals surface area contributed by atoms with E-state index in [2.05, 4.69) is 10.1 Å². The third-order valence-electron chi connectivity index (χ3n) is 1.43. The van der Waals surface area contributed by atoms with E-state index in [1.165, 1.54) is 0 Å². The molecule has 0 aliphatic heterocycles. The first-order valence-electron chi connectivity index (χ1n) is 3.05. The van der Waals surface area contributed by atoms with E-state index in [1.54, 1.807) is 6.20 Å². The Balaban J connectivity index is 2.93. The molecule has 0 N–H and O–H groups in total.